The van der Waals surface area contributed by atoms with Crippen molar-refractivity contribution in [3.8, 4) is 0 Å². The molecule has 0 saturated carbocycles. The first-order chi connectivity index (χ1) is 16.8. The molecule has 0 bridgehead atoms. The van der Waals surface area contributed by atoms with E-state index in [1.54, 1.807) is 54.6 Å². The Morgan fingerprint density at radius 2 is 1.80 bits per heavy atom. The van der Waals surface area contributed by atoms with Crippen molar-refractivity contribution in [1.29, 1.82) is 5.41 Å². The molecule has 2 amide bonds. The lowest BCUT2D eigenvalue weighted by Gasteiger charge is -2.20. The molecule has 1 aliphatic carbocycles. The second kappa shape index (κ2) is 12.5. The van der Waals surface area contributed by atoms with Crippen molar-refractivity contribution in [2.45, 2.75) is 37.8 Å². The minimum Gasteiger partial charge on any atom is -0.388 e. The van der Waals surface area contributed by atoms with Crippen LogP contribution in [0.1, 0.15) is 42.9 Å². The average molecular weight is 512 g/mol. The predicted octanol–water partition coefficient (Wildman–Crippen LogP) is 5.27. The predicted molar refractivity (Wildman–Crippen MR) is 140 cm³/mol. The molecular weight excluding hydrogens is 485 g/mol. The lowest BCUT2D eigenvalue weighted by atomic mass is 9.99. The zero-order valence-electron chi connectivity index (χ0n) is 19.1. The normalized spacial score (nSPS) is 19.6. The summed E-state index contributed by atoms with van der Waals surface area (Å²) in [6.45, 7) is 3.87. The Morgan fingerprint density at radius 1 is 1.06 bits per heavy atom. The lowest BCUT2D eigenvalue weighted by Crippen LogP contribution is -2.43. The van der Waals surface area contributed by atoms with E-state index in [0.717, 1.165) is 12.8 Å². The molecule has 0 saturated heterocycles. The third-order valence-electron chi connectivity index (χ3n) is 5.59. The monoisotopic (exact) mass is 511 g/mol. The zero-order chi connectivity index (χ0) is 25.4. The van der Waals surface area contributed by atoms with Crippen LogP contribution in [0.4, 0.5) is 0 Å². The Hall–Kier alpha value is -3.19. The van der Waals surface area contributed by atoms with Crippen LogP contribution in [-0.2, 0) is 9.59 Å². The molecule has 0 heterocycles. The number of hydrogen-bond acceptors (Lipinski definition) is 4. The Morgan fingerprint density at radius 3 is 2.51 bits per heavy atom. The maximum atomic E-state index is 13.2. The first-order valence-corrected chi connectivity index (χ1v) is 12.0. The molecule has 0 spiro atoms. The number of benzene rings is 2. The highest BCUT2D eigenvalue weighted by Crippen LogP contribution is 2.26. The summed E-state index contributed by atoms with van der Waals surface area (Å²) in [4.78, 5) is 26.5. The van der Waals surface area contributed by atoms with Crippen LogP contribution in [0.25, 0.3) is 0 Å². The van der Waals surface area contributed by atoms with Crippen LogP contribution in [0.5, 0.6) is 0 Å². The number of nitrogens with one attached hydrogen (secondary N) is 3. The molecule has 2 atom stereocenters. The summed E-state index contributed by atoms with van der Waals surface area (Å²) in [6.07, 6.45) is 7.21. The first-order valence-electron chi connectivity index (χ1n) is 11.2. The van der Waals surface area contributed by atoms with Gasteiger partial charge in [-0.1, -0.05) is 84.8 Å². The highest BCUT2D eigenvalue weighted by Gasteiger charge is 2.26. The van der Waals surface area contributed by atoms with Gasteiger partial charge in [-0.3, -0.25) is 15.0 Å². The van der Waals surface area contributed by atoms with Gasteiger partial charge in [-0.25, -0.2) is 0 Å². The number of rotatable bonds is 5. The highest BCUT2D eigenvalue weighted by atomic mass is 35.5. The lowest BCUT2D eigenvalue weighted by molar-refractivity contribution is -0.126. The van der Waals surface area contributed by atoms with Crippen LogP contribution >= 0.6 is 23.2 Å². The molecule has 0 radical (unpaired) electrons. The van der Waals surface area contributed by atoms with E-state index < -0.39 is 24.0 Å². The van der Waals surface area contributed by atoms with E-state index >= 15 is 0 Å². The van der Waals surface area contributed by atoms with E-state index in [-0.39, 0.29) is 10.9 Å². The maximum Gasteiger partial charge on any atom is 0.252 e. The van der Waals surface area contributed by atoms with Gasteiger partial charge in [0.25, 0.3) is 11.8 Å². The molecule has 2 unspecified atom stereocenters. The van der Waals surface area contributed by atoms with Gasteiger partial charge >= 0.3 is 0 Å². The van der Waals surface area contributed by atoms with Crippen LogP contribution in [0.3, 0.4) is 0 Å². The summed E-state index contributed by atoms with van der Waals surface area (Å²) in [5, 5.41) is 24.3. The van der Waals surface area contributed by atoms with Gasteiger partial charge in [0.15, 0.2) is 0 Å². The molecule has 6 nitrogen and oxygen atoms in total. The Labute approximate surface area is 214 Å². The van der Waals surface area contributed by atoms with Gasteiger partial charge in [-0.05, 0) is 48.6 Å². The minimum absolute atomic E-state index is 0.0991. The van der Waals surface area contributed by atoms with Crippen molar-refractivity contribution in [2.75, 3.05) is 0 Å². The highest BCUT2D eigenvalue weighted by molar-refractivity contribution is 6.42. The number of carbonyl (C=O) groups is 2. The fourth-order valence-electron chi connectivity index (χ4n) is 3.55. The number of aliphatic hydroxyl groups excluding tert-OH is 1. The van der Waals surface area contributed by atoms with Crippen molar-refractivity contribution in [2.24, 2.45) is 0 Å². The number of allylic oxidation sites excluding steroid dienone is 1. The SMILES string of the molecule is C=C1/C=C\C(C(=O)NC(C(=O)NC(=N)c2ccccc2)c2ccc(Cl)c(Cl)c2)=C/CCCCC1O. The smallest absolute Gasteiger partial charge is 0.252 e. The second-order valence-corrected chi connectivity index (χ2v) is 8.99. The number of amidine groups is 1. The molecule has 35 heavy (non-hydrogen) atoms. The number of carbonyl (C=O) groups excluding carboxylic acids is 2. The summed E-state index contributed by atoms with van der Waals surface area (Å²) in [5.41, 5.74) is 1.79. The third kappa shape index (κ3) is 7.39. The van der Waals surface area contributed by atoms with Crippen LogP contribution in [-0.4, -0.2) is 28.9 Å². The summed E-state index contributed by atoms with van der Waals surface area (Å²) in [6, 6.07) is 12.2. The number of halogens is 2. The van der Waals surface area contributed by atoms with E-state index in [1.165, 1.54) is 6.07 Å². The van der Waals surface area contributed by atoms with Crippen molar-refractivity contribution >= 4 is 40.9 Å². The minimum atomic E-state index is -1.14. The fraction of sp³-hybridized carbons (Fsp3) is 0.222. The second-order valence-electron chi connectivity index (χ2n) is 8.18. The van der Waals surface area contributed by atoms with Gasteiger partial charge in [-0.2, -0.15) is 0 Å². The van der Waals surface area contributed by atoms with E-state index in [4.69, 9.17) is 28.6 Å². The van der Waals surface area contributed by atoms with E-state index in [9.17, 15) is 14.7 Å². The molecule has 182 valence electrons. The first kappa shape index (κ1) is 26.4. The summed E-state index contributed by atoms with van der Waals surface area (Å²) in [5.74, 6) is -1.19. The van der Waals surface area contributed by atoms with Crippen molar-refractivity contribution in [3.63, 3.8) is 0 Å². The maximum absolute atomic E-state index is 13.2. The molecule has 2 aromatic carbocycles. The molecule has 1 aliphatic rings. The van der Waals surface area contributed by atoms with E-state index in [0.29, 0.717) is 40.1 Å². The number of hydrogen-bond donors (Lipinski definition) is 4. The van der Waals surface area contributed by atoms with Gasteiger partial charge in [0.05, 0.1) is 16.1 Å². The van der Waals surface area contributed by atoms with Crippen LogP contribution < -0.4 is 10.6 Å². The van der Waals surface area contributed by atoms with Crippen molar-refractivity contribution in [3.05, 3.63) is 106 Å². The quantitative estimate of drug-likeness (QED) is 0.324. The van der Waals surface area contributed by atoms with Gasteiger partial charge in [0.1, 0.15) is 11.9 Å². The fourth-order valence-corrected chi connectivity index (χ4v) is 3.85. The van der Waals surface area contributed by atoms with Gasteiger partial charge in [0.2, 0.25) is 0 Å². The van der Waals surface area contributed by atoms with Crippen molar-refractivity contribution in [1.82, 2.24) is 10.6 Å². The molecule has 8 heteroatoms. The van der Waals surface area contributed by atoms with Crippen molar-refractivity contribution < 1.29 is 14.7 Å². The number of amides is 2. The summed E-state index contributed by atoms with van der Waals surface area (Å²) < 4.78 is 0. The molecule has 4 N–H and O–H groups in total. The number of aliphatic hydroxyl groups is 1. The van der Waals surface area contributed by atoms with Crippen LogP contribution in [0.15, 0.2) is 84.5 Å². The molecule has 0 fully saturated rings. The topological polar surface area (TPSA) is 102 Å². The molecule has 2 aromatic rings. The molecule has 3 rings (SSSR count). The van der Waals surface area contributed by atoms with Crippen LogP contribution in [0, 0.1) is 5.41 Å². The Kier molecular flexibility index (Phi) is 9.43. The molecule has 0 aliphatic heterocycles. The molecular formula is C27H27Cl2N3O3. The third-order valence-corrected chi connectivity index (χ3v) is 6.33. The summed E-state index contributed by atoms with van der Waals surface area (Å²) in [7, 11) is 0. The average Bonchev–Trinajstić information content (AvgIpc) is 2.85. The van der Waals surface area contributed by atoms with E-state index in [1.807, 2.05) is 6.07 Å². The summed E-state index contributed by atoms with van der Waals surface area (Å²) >= 11 is 12.2. The Balaban J connectivity index is 1.87. The zero-order valence-corrected chi connectivity index (χ0v) is 20.6. The largest absolute Gasteiger partial charge is 0.388 e. The Bertz CT molecular complexity index is 1180. The van der Waals surface area contributed by atoms with Gasteiger partial charge in [-0.15, -0.1) is 0 Å². The van der Waals surface area contributed by atoms with E-state index in [2.05, 4.69) is 17.2 Å². The molecule has 0 aromatic heterocycles. The van der Waals surface area contributed by atoms with Gasteiger partial charge < -0.3 is 15.7 Å². The van der Waals surface area contributed by atoms with Gasteiger partial charge in [0, 0.05) is 11.1 Å². The standard InChI is InChI=1S/C27H27Cl2N3O3/c1-17-12-13-19(10-6-3-7-11-23(17)33)26(34)31-24(20-14-15-21(28)22(29)16-20)27(35)32-25(30)18-8-4-2-5-9-18/h2,4-5,8-10,12-16,23-24,33H,1,3,6-7,11H2,(H,31,34)(H2,30,32,35)/b13-12-,19-10+. The van der Waals surface area contributed by atoms with Crippen LogP contribution in [0.2, 0.25) is 10.0 Å².